The maximum absolute atomic E-state index is 13.7. The highest BCUT2D eigenvalue weighted by molar-refractivity contribution is 6.02. The first-order valence-corrected chi connectivity index (χ1v) is 6.36. The third-order valence-electron chi connectivity index (χ3n) is 3.57. The summed E-state index contributed by atoms with van der Waals surface area (Å²) >= 11 is 0. The number of benzene rings is 1. The Morgan fingerprint density at radius 3 is 2.71 bits per heavy atom. The van der Waals surface area contributed by atoms with Crippen LogP contribution < -0.4 is 9.64 Å². The number of amides is 1. The molecular weight excluding hydrogens is 282 g/mol. The maximum atomic E-state index is 13.7. The van der Waals surface area contributed by atoms with Gasteiger partial charge in [-0.15, -0.1) is 0 Å². The first-order chi connectivity index (χ1) is 9.88. The molecule has 0 aromatic heterocycles. The molecule has 0 spiro atoms. The molecule has 1 fully saturated rings. The van der Waals surface area contributed by atoms with Crippen molar-refractivity contribution in [1.82, 2.24) is 0 Å². The molecule has 7 heteroatoms. The normalized spacial score (nSPS) is 24.0. The van der Waals surface area contributed by atoms with E-state index < -0.39 is 24.0 Å². The average Bonchev–Trinajstić information content (AvgIpc) is 2.66. The number of nitrogens with zero attached hydrogens (tertiary/aromatic N) is 2. The Bertz CT molecular complexity index is 613. The molecule has 2 atom stereocenters. The van der Waals surface area contributed by atoms with Crippen LogP contribution >= 0.6 is 0 Å². The lowest BCUT2D eigenvalue weighted by atomic mass is 10.1. The van der Waals surface area contributed by atoms with E-state index in [-0.39, 0.29) is 23.4 Å². The van der Waals surface area contributed by atoms with Crippen LogP contribution in [0.1, 0.15) is 18.9 Å². The van der Waals surface area contributed by atoms with Crippen LogP contribution in [0.15, 0.2) is 18.2 Å². The standard InChI is InChI=1S/C14H14F2N2O3/c1-3-10-12(19)14(15,16)13(20)18(10)9-5-4-8(7-17)11(6-9)21-2/h4-6,10,12,19H,3H2,1-2H3/t10-,12+/m0/s1. The molecule has 112 valence electrons. The van der Waals surface area contributed by atoms with Crippen molar-refractivity contribution in [1.29, 1.82) is 5.26 Å². The van der Waals surface area contributed by atoms with Gasteiger partial charge in [0.15, 0.2) is 0 Å². The number of ether oxygens (including phenoxy) is 1. The second kappa shape index (κ2) is 5.30. The van der Waals surface area contributed by atoms with Gasteiger partial charge in [-0.1, -0.05) is 6.92 Å². The van der Waals surface area contributed by atoms with Crippen LogP contribution in [-0.4, -0.2) is 36.2 Å². The van der Waals surface area contributed by atoms with Gasteiger partial charge in [0.25, 0.3) is 0 Å². The molecule has 2 rings (SSSR count). The van der Waals surface area contributed by atoms with E-state index in [1.165, 1.54) is 25.3 Å². The molecule has 1 N–H and O–H groups in total. The Kier molecular flexibility index (Phi) is 3.83. The van der Waals surface area contributed by atoms with Gasteiger partial charge in [0, 0.05) is 11.8 Å². The van der Waals surface area contributed by atoms with E-state index in [9.17, 15) is 18.7 Å². The number of rotatable bonds is 3. The van der Waals surface area contributed by atoms with E-state index in [0.717, 1.165) is 4.90 Å². The van der Waals surface area contributed by atoms with E-state index in [1.807, 2.05) is 6.07 Å². The highest BCUT2D eigenvalue weighted by atomic mass is 19.3. The van der Waals surface area contributed by atoms with E-state index in [0.29, 0.717) is 0 Å². The molecule has 1 aromatic carbocycles. The predicted octanol–water partition coefficient (Wildman–Crippen LogP) is 1.69. The number of hydrogen-bond acceptors (Lipinski definition) is 4. The van der Waals surface area contributed by atoms with Gasteiger partial charge in [-0.3, -0.25) is 4.79 Å². The zero-order valence-corrected chi connectivity index (χ0v) is 11.5. The Hall–Kier alpha value is -2.20. The van der Waals surface area contributed by atoms with Crippen LogP contribution in [0.5, 0.6) is 5.75 Å². The number of halogens is 2. The predicted molar refractivity (Wildman–Crippen MR) is 70.2 cm³/mol. The average molecular weight is 296 g/mol. The summed E-state index contributed by atoms with van der Waals surface area (Å²) in [6.07, 6.45) is -1.89. The van der Waals surface area contributed by atoms with Crippen molar-refractivity contribution in [2.75, 3.05) is 12.0 Å². The molecule has 1 amide bonds. The third-order valence-corrected chi connectivity index (χ3v) is 3.57. The minimum Gasteiger partial charge on any atom is -0.495 e. The minimum atomic E-state index is -3.82. The summed E-state index contributed by atoms with van der Waals surface area (Å²) in [5.74, 6) is -5.09. The van der Waals surface area contributed by atoms with Gasteiger partial charge >= 0.3 is 11.8 Å². The summed E-state index contributed by atoms with van der Waals surface area (Å²) < 4.78 is 32.4. The van der Waals surface area contributed by atoms with Crippen LogP contribution in [0.25, 0.3) is 0 Å². The van der Waals surface area contributed by atoms with Gasteiger partial charge in [-0.2, -0.15) is 14.0 Å². The summed E-state index contributed by atoms with van der Waals surface area (Å²) in [6.45, 7) is 1.61. The summed E-state index contributed by atoms with van der Waals surface area (Å²) in [5.41, 5.74) is 0.396. The number of aliphatic hydroxyl groups is 1. The van der Waals surface area contributed by atoms with Crippen LogP contribution in [0, 0.1) is 11.3 Å². The molecule has 21 heavy (non-hydrogen) atoms. The molecule has 0 radical (unpaired) electrons. The van der Waals surface area contributed by atoms with Gasteiger partial charge in [-0.25, -0.2) is 0 Å². The Morgan fingerprint density at radius 2 is 2.19 bits per heavy atom. The van der Waals surface area contributed by atoms with Gasteiger partial charge in [-0.05, 0) is 18.6 Å². The molecular formula is C14H14F2N2O3. The fraction of sp³-hybridized carbons (Fsp3) is 0.429. The number of carbonyl (C=O) groups is 1. The zero-order chi connectivity index (χ0) is 15.8. The van der Waals surface area contributed by atoms with E-state index in [1.54, 1.807) is 6.92 Å². The molecule has 1 saturated heterocycles. The topological polar surface area (TPSA) is 73.6 Å². The molecule has 1 aliphatic heterocycles. The second-order valence-corrected chi connectivity index (χ2v) is 4.71. The number of anilines is 1. The lowest BCUT2D eigenvalue weighted by Crippen LogP contribution is -2.37. The van der Waals surface area contributed by atoms with Crippen molar-refractivity contribution in [2.24, 2.45) is 0 Å². The fourth-order valence-electron chi connectivity index (χ4n) is 2.46. The number of nitriles is 1. The SMILES string of the molecule is CC[C@H]1[C@@H](O)C(F)(F)C(=O)N1c1ccc(C#N)c(OC)c1. The Balaban J connectivity index is 2.50. The summed E-state index contributed by atoms with van der Waals surface area (Å²) in [5, 5.41) is 18.6. The smallest absolute Gasteiger partial charge is 0.352 e. The molecule has 0 aliphatic carbocycles. The van der Waals surface area contributed by atoms with Crippen molar-refractivity contribution >= 4 is 11.6 Å². The van der Waals surface area contributed by atoms with Crippen molar-refractivity contribution in [2.45, 2.75) is 31.4 Å². The van der Waals surface area contributed by atoms with Crippen LogP contribution in [0.3, 0.4) is 0 Å². The number of carbonyl (C=O) groups excluding carboxylic acids is 1. The largest absolute Gasteiger partial charge is 0.495 e. The first kappa shape index (κ1) is 15.2. The van der Waals surface area contributed by atoms with Crippen molar-refractivity contribution in [3.05, 3.63) is 23.8 Å². The van der Waals surface area contributed by atoms with Gasteiger partial charge in [0.1, 0.15) is 17.9 Å². The molecule has 0 saturated carbocycles. The number of hydrogen-bond donors (Lipinski definition) is 1. The molecule has 1 aromatic rings. The van der Waals surface area contributed by atoms with Crippen LogP contribution in [0.4, 0.5) is 14.5 Å². The highest BCUT2D eigenvalue weighted by Gasteiger charge is 2.61. The lowest BCUT2D eigenvalue weighted by Gasteiger charge is -2.24. The van der Waals surface area contributed by atoms with Crippen molar-refractivity contribution < 1.29 is 23.4 Å². The Labute approximate surface area is 120 Å². The molecule has 0 unspecified atom stereocenters. The molecule has 0 bridgehead atoms. The van der Waals surface area contributed by atoms with Crippen LogP contribution in [-0.2, 0) is 4.79 Å². The molecule has 1 aliphatic rings. The summed E-state index contributed by atoms with van der Waals surface area (Å²) in [7, 11) is 1.34. The zero-order valence-electron chi connectivity index (χ0n) is 11.5. The van der Waals surface area contributed by atoms with Crippen LogP contribution in [0.2, 0.25) is 0 Å². The van der Waals surface area contributed by atoms with E-state index in [4.69, 9.17) is 10.00 Å². The molecule has 1 heterocycles. The molecule has 5 nitrogen and oxygen atoms in total. The fourth-order valence-corrected chi connectivity index (χ4v) is 2.46. The van der Waals surface area contributed by atoms with Crippen molar-refractivity contribution in [3.8, 4) is 11.8 Å². The maximum Gasteiger partial charge on any atom is 0.352 e. The van der Waals surface area contributed by atoms with E-state index in [2.05, 4.69) is 0 Å². The van der Waals surface area contributed by atoms with Gasteiger partial charge in [0.2, 0.25) is 0 Å². The lowest BCUT2D eigenvalue weighted by molar-refractivity contribution is -0.149. The highest BCUT2D eigenvalue weighted by Crippen LogP contribution is 2.39. The van der Waals surface area contributed by atoms with E-state index >= 15 is 0 Å². The number of methoxy groups -OCH3 is 1. The minimum absolute atomic E-state index is 0.166. The summed E-state index contributed by atoms with van der Waals surface area (Å²) in [6, 6.07) is 4.99. The van der Waals surface area contributed by atoms with Gasteiger partial charge in [0.05, 0.1) is 18.7 Å². The monoisotopic (exact) mass is 296 g/mol. The second-order valence-electron chi connectivity index (χ2n) is 4.71. The first-order valence-electron chi connectivity index (χ1n) is 6.36. The van der Waals surface area contributed by atoms with Crippen molar-refractivity contribution in [3.63, 3.8) is 0 Å². The number of alkyl halides is 2. The summed E-state index contributed by atoms with van der Waals surface area (Å²) in [4.78, 5) is 12.7. The van der Waals surface area contributed by atoms with Gasteiger partial charge < -0.3 is 14.7 Å². The quantitative estimate of drug-likeness (QED) is 0.921. The number of aliphatic hydroxyl groups excluding tert-OH is 1. The Morgan fingerprint density at radius 1 is 1.52 bits per heavy atom. The third kappa shape index (κ3) is 2.21.